The van der Waals surface area contributed by atoms with Crippen molar-refractivity contribution in [1.82, 2.24) is 5.32 Å². The number of rotatable bonds is 5. The Hall–Kier alpha value is -0.240. The van der Waals surface area contributed by atoms with Crippen LogP contribution in [-0.2, 0) is 6.54 Å². The maximum atomic E-state index is 6.11. The molecule has 1 N–H and O–H groups in total. The summed E-state index contributed by atoms with van der Waals surface area (Å²) in [5, 5.41) is 4.95. The van der Waals surface area contributed by atoms with Crippen LogP contribution < -0.4 is 5.32 Å². The van der Waals surface area contributed by atoms with Crippen molar-refractivity contribution in [3.05, 3.63) is 33.8 Å². The van der Waals surface area contributed by atoms with Gasteiger partial charge in [0.05, 0.1) is 0 Å². The Morgan fingerprint density at radius 2 is 2.12 bits per heavy atom. The van der Waals surface area contributed by atoms with Crippen LogP contribution in [0.4, 0.5) is 0 Å². The van der Waals surface area contributed by atoms with Crippen molar-refractivity contribution in [3.8, 4) is 0 Å². The number of hydrogen-bond donors (Lipinski definition) is 1. The van der Waals surface area contributed by atoms with Gasteiger partial charge in [0.15, 0.2) is 0 Å². The van der Waals surface area contributed by atoms with Gasteiger partial charge >= 0.3 is 0 Å². The molecule has 1 unspecified atom stereocenters. The molecule has 1 fully saturated rings. The van der Waals surface area contributed by atoms with Crippen LogP contribution in [0.2, 0.25) is 10.0 Å². The van der Waals surface area contributed by atoms with Gasteiger partial charge in [-0.05, 0) is 37.0 Å². The van der Waals surface area contributed by atoms with E-state index in [1.807, 2.05) is 12.1 Å². The second-order valence-electron chi connectivity index (χ2n) is 4.70. The van der Waals surface area contributed by atoms with Crippen molar-refractivity contribution >= 4 is 23.2 Å². The molecule has 1 saturated carbocycles. The molecule has 1 nitrogen and oxygen atoms in total. The van der Waals surface area contributed by atoms with Crippen molar-refractivity contribution in [1.29, 1.82) is 0 Å². The predicted molar refractivity (Wildman–Crippen MR) is 70.1 cm³/mol. The van der Waals surface area contributed by atoms with Gasteiger partial charge < -0.3 is 5.32 Å². The molecule has 1 aliphatic carbocycles. The van der Waals surface area contributed by atoms with E-state index < -0.39 is 0 Å². The van der Waals surface area contributed by atoms with Crippen LogP contribution >= 0.6 is 23.2 Å². The molecule has 0 heterocycles. The zero-order valence-electron chi connectivity index (χ0n) is 9.47. The Bertz CT molecular complexity index is 361. The summed E-state index contributed by atoms with van der Waals surface area (Å²) < 4.78 is 0. The van der Waals surface area contributed by atoms with Crippen LogP contribution in [0.3, 0.4) is 0 Å². The van der Waals surface area contributed by atoms with Gasteiger partial charge in [-0.15, -0.1) is 0 Å². The molecule has 0 saturated heterocycles. The fourth-order valence-electron chi connectivity index (χ4n) is 1.89. The summed E-state index contributed by atoms with van der Waals surface area (Å²) in [5.74, 6) is 0.961. The minimum absolute atomic E-state index is 0.569. The summed E-state index contributed by atoms with van der Waals surface area (Å²) in [7, 11) is 0. The van der Waals surface area contributed by atoms with Crippen molar-refractivity contribution < 1.29 is 0 Å². The molecule has 88 valence electrons. The maximum Gasteiger partial charge on any atom is 0.0465 e. The molecule has 0 aromatic heterocycles. The van der Waals surface area contributed by atoms with Crippen LogP contribution in [0.25, 0.3) is 0 Å². The fourth-order valence-corrected chi connectivity index (χ4v) is 2.36. The third-order valence-corrected chi connectivity index (χ3v) is 3.63. The zero-order valence-corrected chi connectivity index (χ0v) is 11.0. The molecule has 16 heavy (non-hydrogen) atoms. The quantitative estimate of drug-likeness (QED) is 0.831. The fraction of sp³-hybridized carbons (Fsp3) is 0.538. The molecule has 2 rings (SSSR count). The van der Waals surface area contributed by atoms with Gasteiger partial charge in [-0.2, -0.15) is 0 Å². The molecule has 1 aromatic rings. The third kappa shape index (κ3) is 3.65. The van der Waals surface area contributed by atoms with E-state index in [0.717, 1.165) is 23.0 Å². The summed E-state index contributed by atoms with van der Waals surface area (Å²) in [6, 6.07) is 6.24. The number of benzene rings is 1. The summed E-state index contributed by atoms with van der Waals surface area (Å²) in [6.45, 7) is 3.06. The first-order chi connectivity index (χ1) is 7.65. The van der Waals surface area contributed by atoms with Gasteiger partial charge in [0, 0.05) is 22.6 Å². The SMILES string of the molecule is CC(CC1CC1)NCc1ccc(Cl)cc1Cl. The van der Waals surface area contributed by atoms with E-state index in [1.165, 1.54) is 19.3 Å². The van der Waals surface area contributed by atoms with E-state index in [2.05, 4.69) is 12.2 Å². The number of nitrogens with one attached hydrogen (secondary N) is 1. The highest BCUT2D eigenvalue weighted by Gasteiger charge is 2.23. The van der Waals surface area contributed by atoms with E-state index in [-0.39, 0.29) is 0 Å². The number of hydrogen-bond acceptors (Lipinski definition) is 1. The van der Waals surface area contributed by atoms with E-state index in [9.17, 15) is 0 Å². The topological polar surface area (TPSA) is 12.0 Å². The van der Waals surface area contributed by atoms with Gasteiger partial charge in [0.25, 0.3) is 0 Å². The molecule has 1 aromatic carbocycles. The lowest BCUT2D eigenvalue weighted by molar-refractivity contribution is 0.487. The first kappa shape index (κ1) is 12.2. The average Bonchev–Trinajstić information content (AvgIpc) is 3.00. The summed E-state index contributed by atoms with van der Waals surface area (Å²) in [6.07, 6.45) is 4.10. The molecule has 0 spiro atoms. The van der Waals surface area contributed by atoms with Crippen LogP contribution in [0.5, 0.6) is 0 Å². The first-order valence-corrected chi connectivity index (χ1v) is 6.58. The Labute approximate surface area is 107 Å². The molecule has 3 heteroatoms. The van der Waals surface area contributed by atoms with Gasteiger partial charge in [0.1, 0.15) is 0 Å². The van der Waals surface area contributed by atoms with E-state index in [0.29, 0.717) is 11.1 Å². The highest BCUT2D eigenvalue weighted by Crippen LogP contribution is 2.33. The molecule has 0 aliphatic heterocycles. The van der Waals surface area contributed by atoms with Gasteiger partial charge in [0.2, 0.25) is 0 Å². The van der Waals surface area contributed by atoms with Crippen LogP contribution in [-0.4, -0.2) is 6.04 Å². The highest BCUT2D eigenvalue weighted by molar-refractivity contribution is 6.35. The lowest BCUT2D eigenvalue weighted by atomic mass is 10.1. The average molecular weight is 258 g/mol. The predicted octanol–water partition coefficient (Wildman–Crippen LogP) is 4.27. The van der Waals surface area contributed by atoms with Crippen LogP contribution in [0.15, 0.2) is 18.2 Å². The third-order valence-electron chi connectivity index (χ3n) is 3.04. The highest BCUT2D eigenvalue weighted by atomic mass is 35.5. The van der Waals surface area contributed by atoms with Gasteiger partial charge in [-0.25, -0.2) is 0 Å². The first-order valence-electron chi connectivity index (χ1n) is 5.82. The molecule has 0 amide bonds. The Kier molecular flexibility index (Phi) is 4.12. The molecular formula is C13H17Cl2N. The van der Waals surface area contributed by atoms with Crippen molar-refractivity contribution in [2.75, 3.05) is 0 Å². The molecule has 0 bridgehead atoms. The van der Waals surface area contributed by atoms with E-state index in [1.54, 1.807) is 6.07 Å². The Morgan fingerprint density at radius 3 is 2.75 bits per heavy atom. The summed E-state index contributed by atoms with van der Waals surface area (Å²) in [4.78, 5) is 0. The summed E-state index contributed by atoms with van der Waals surface area (Å²) in [5.41, 5.74) is 1.12. The molecular weight excluding hydrogens is 241 g/mol. The minimum atomic E-state index is 0.569. The normalized spacial score (nSPS) is 17.4. The van der Waals surface area contributed by atoms with Crippen molar-refractivity contribution in [3.63, 3.8) is 0 Å². The lowest BCUT2D eigenvalue weighted by Gasteiger charge is -2.14. The molecule has 0 radical (unpaired) electrons. The van der Waals surface area contributed by atoms with E-state index in [4.69, 9.17) is 23.2 Å². The van der Waals surface area contributed by atoms with Gasteiger partial charge in [-0.1, -0.05) is 42.1 Å². The minimum Gasteiger partial charge on any atom is -0.310 e. The van der Waals surface area contributed by atoms with Crippen LogP contribution in [0.1, 0.15) is 31.7 Å². The zero-order chi connectivity index (χ0) is 11.5. The molecule has 1 atom stereocenters. The Balaban J connectivity index is 1.83. The Morgan fingerprint density at radius 1 is 1.38 bits per heavy atom. The molecule has 1 aliphatic rings. The van der Waals surface area contributed by atoms with Crippen LogP contribution in [0, 0.1) is 5.92 Å². The van der Waals surface area contributed by atoms with Crippen molar-refractivity contribution in [2.24, 2.45) is 5.92 Å². The standard InChI is InChI=1S/C13H17Cl2N/c1-9(6-10-2-3-10)16-8-11-4-5-12(14)7-13(11)15/h4-5,7,9-10,16H,2-3,6,8H2,1H3. The van der Waals surface area contributed by atoms with Gasteiger partial charge in [-0.3, -0.25) is 0 Å². The summed E-state index contributed by atoms with van der Waals surface area (Å²) >= 11 is 12.0. The van der Waals surface area contributed by atoms with Crippen molar-refractivity contribution in [2.45, 2.75) is 38.8 Å². The monoisotopic (exact) mass is 257 g/mol. The second kappa shape index (κ2) is 5.39. The largest absolute Gasteiger partial charge is 0.310 e. The number of halogens is 2. The smallest absolute Gasteiger partial charge is 0.0465 e. The lowest BCUT2D eigenvalue weighted by Crippen LogP contribution is -2.25. The van der Waals surface area contributed by atoms with E-state index >= 15 is 0 Å². The second-order valence-corrected chi connectivity index (χ2v) is 5.54. The maximum absolute atomic E-state index is 6.11.